The molecule has 48 valence electrons. The van der Waals surface area contributed by atoms with E-state index >= 15 is 0 Å². The molecule has 0 unspecified atom stereocenters. The molecule has 0 aliphatic carbocycles. The molecule has 0 saturated carbocycles. The van der Waals surface area contributed by atoms with Crippen molar-refractivity contribution in [2.75, 3.05) is 0 Å². The van der Waals surface area contributed by atoms with Crippen molar-refractivity contribution in [1.29, 1.82) is 0 Å². The summed E-state index contributed by atoms with van der Waals surface area (Å²) in [6, 6.07) is 3.15. The topological polar surface area (TPSA) is 30.2 Å². The fourth-order valence-corrected chi connectivity index (χ4v) is 0.782. The van der Waals surface area contributed by atoms with Crippen LogP contribution in [-0.2, 0) is 0 Å². The zero-order valence-corrected chi connectivity index (χ0v) is 7.01. The van der Waals surface area contributed by atoms with Gasteiger partial charge in [0, 0.05) is 6.07 Å². The summed E-state index contributed by atoms with van der Waals surface area (Å²) in [4.78, 5) is 10.5. The maximum Gasteiger partial charge on any atom is 0.335 e. The number of hydrogen-bond donors (Lipinski definition) is 0. The Kier molecular flexibility index (Phi) is 1.90. The first-order valence-corrected chi connectivity index (χ1v) is 3.54. The van der Waals surface area contributed by atoms with Crippen molar-refractivity contribution >= 4 is 22.6 Å². The highest BCUT2D eigenvalue weighted by Gasteiger charge is 1.93. The molecule has 0 bridgehead atoms. The van der Waals surface area contributed by atoms with Gasteiger partial charge in [-0.15, -0.1) is 0 Å². The molecule has 0 fully saturated rings. The van der Waals surface area contributed by atoms with Gasteiger partial charge in [0.15, 0.2) is 0 Å². The lowest BCUT2D eigenvalue weighted by atomic mass is 10.4. The zero-order valence-electron chi connectivity index (χ0n) is 4.85. The quantitative estimate of drug-likeness (QED) is 0.639. The van der Waals surface area contributed by atoms with Crippen LogP contribution in [0, 0.1) is 10.5 Å². The molecule has 0 spiro atoms. The van der Waals surface area contributed by atoms with E-state index in [0.29, 0.717) is 5.76 Å². The first-order valence-electron chi connectivity index (χ1n) is 2.46. The van der Waals surface area contributed by atoms with Crippen molar-refractivity contribution in [2.45, 2.75) is 6.92 Å². The van der Waals surface area contributed by atoms with Gasteiger partial charge < -0.3 is 4.42 Å². The first-order chi connectivity index (χ1) is 4.20. The second-order valence-corrected chi connectivity index (χ2v) is 2.82. The molecule has 2 nitrogen and oxygen atoms in total. The van der Waals surface area contributed by atoms with Gasteiger partial charge in [-0.1, -0.05) is 0 Å². The molecule has 0 N–H and O–H groups in total. The van der Waals surface area contributed by atoms with Crippen molar-refractivity contribution < 1.29 is 4.42 Å². The standard InChI is InChI=1S/C6H5IO2/c1-4-5(7)2-3-6(8)9-4/h2-3H,1H3. The summed E-state index contributed by atoms with van der Waals surface area (Å²) in [6.45, 7) is 1.77. The molecule has 0 aliphatic heterocycles. The molecule has 0 aromatic carbocycles. The van der Waals surface area contributed by atoms with Crippen LogP contribution in [0.4, 0.5) is 0 Å². The third-order valence-electron chi connectivity index (χ3n) is 0.956. The van der Waals surface area contributed by atoms with Gasteiger partial charge in [-0.2, -0.15) is 0 Å². The molecule has 9 heavy (non-hydrogen) atoms. The van der Waals surface area contributed by atoms with E-state index in [2.05, 4.69) is 22.6 Å². The fraction of sp³-hybridized carbons (Fsp3) is 0.167. The number of hydrogen-bond acceptors (Lipinski definition) is 2. The molecule has 1 rings (SSSR count). The summed E-state index contributed by atoms with van der Waals surface area (Å²) in [5.74, 6) is 0.683. The maximum atomic E-state index is 10.5. The number of rotatable bonds is 0. The van der Waals surface area contributed by atoms with Crippen LogP contribution in [0.3, 0.4) is 0 Å². The minimum Gasteiger partial charge on any atom is -0.427 e. The van der Waals surface area contributed by atoms with Crippen molar-refractivity contribution in [1.82, 2.24) is 0 Å². The van der Waals surface area contributed by atoms with Gasteiger partial charge in [0.25, 0.3) is 0 Å². The Morgan fingerprint density at radius 1 is 1.56 bits per heavy atom. The molecule has 0 radical (unpaired) electrons. The molecule has 0 aliphatic rings. The minimum atomic E-state index is -0.284. The normalized spacial score (nSPS) is 9.56. The highest BCUT2D eigenvalue weighted by molar-refractivity contribution is 14.1. The van der Waals surface area contributed by atoms with Crippen molar-refractivity contribution in [2.24, 2.45) is 0 Å². The van der Waals surface area contributed by atoms with E-state index in [4.69, 9.17) is 4.42 Å². The average molecular weight is 236 g/mol. The van der Waals surface area contributed by atoms with E-state index in [9.17, 15) is 4.79 Å². The summed E-state index contributed by atoms with van der Waals surface area (Å²) < 4.78 is 5.72. The lowest BCUT2D eigenvalue weighted by Gasteiger charge is -1.90. The van der Waals surface area contributed by atoms with E-state index in [1.54, 1.807) is 13.0 Å². The lowest BCUT2D eigenvalue weighted by Crippen LogP contribution is -1.97. The van der Waals surface area contributed by atoms with Crippen LogP contribution in [0.1, 0.15) is 5.76 Å². The van der Waals surface area contributed by atoms with E-state index in [0.717, 1.165) is 3.57 Å². The number of halogens is 1. The monoisotopic (exact) mass is 236 g/mol. The molecule has 1 aromatic rings. The van der Waals surface area contributed by atoms with Crippen LogP contribution in [0.15, 0.2) is 21.3 Å². The van der Waals surface area contributed by atoms with Crippen molar-refractivity contribution in [3.05, 3.63) is 31.9 Å². The Hall–Kier alpha value is -0.320. The van der Waals surface area contributed by atoms with Crippen LogP contribution >= 0.6 is 22.6 Å². The highest BCUT2D eigenvalue weighted by atomic mass is 127. The lowest BCUT2D eigenvalue weighted by molar-refractivity contribution is 0.476. The molecule has 1 aromatic heterocycles. The molecule has 0 amide bonds. The maximum absolute atomic E-state index is 10.5. The smallest absolute Gasteiger partial charge is 0.335 e. The minimum absolute atomic E-state index is 0.284. The SMILES string of the molecule is Cc1oc(=O)ccc1I. The first kappa shape index (κ1) is 6.80. The van der Waals surface area contributed by atoms with Gasteiger partial charge in [0.05, 0.1) is 3.57 Å². The largest absolute Gasteiger partial charge is 0.427 e. The van der Waals surface area contributed by atoms with Gasteiger partial charge in [-0.3, -0.25) is 0 Å². The molecule has 1 heterocycles. The highest BCUT2D eigenvalue weighted by Crippen LogP contribution is 2.05. The van der Waals surface area contributed by atoms with Gasteiger partial charge in [-0.25, -0.2) is 4.79 Å². The van der Waals surface area contributed by atoms with E-state index in [-0.39, 0.29) is 5.63 Å². The summed E-state index contributed by atoms with van der Waals surface area (Å²) in [6.07, 6.45) is 0. The molecule has 3 heteroatoms. The predicted octanol–water partition coefficient (Wildman–Crippen LogP) is 1.55. The van der Waals surface area contributed by atoms with Gasteiger partial charge in [-0.05, 0) is 35.6 Å². The second-order valence-electron chi connectivity index (χ2n) is 1.66. The predicted molar refractivity (Wildman–Crippen MR) is 42.4 cm³/mol. The van der Waals surface area contributed by atoms with Gasteiger partial charge in [0.1, 0.15) is 5.76 Å². The third kappa shape index (κ3) is 1.54. The molecular formula is C6H5IO2. The average Bonchev–Trinajstić information content (AvgIpc) is 1.80. The van der Waals surface area contributed by atoms with E-state index < -0.39 is 0 Å². The van der Waals surface area contributed by atoms with Crippen molar-refractivity contribution in [3.8, 4) is 0 Å². The van der Waals surface area contributed by atoms with Crippen LogP contribution in [-0.4, -0.2) is 0 Å². The molecule has 0 saturated heterocycles. The Morgan fingerprint density at radius 2 is 2.22 bits per heavy atom. The van der Waals surface area contributed by atoms with E-state index in [1.807, 2.05) is 0 Å². The van der Waals surface area contributed by atoms with Crippen LogP contribution in [0.2, 0.25) is 0 Å². The Morgan fingerprint density at radius 3 is 2.67 bits per heavy atom. The Bertz CT molecular complexity index is 264. The molecule has 0 atom stereocenters. The number of aryl methyl sites for hydroxylation is 1. The zero-order chi connectivity index (χ0) is 6.85. The van der Waals surface area contributed by atoms with E-state index in [1.165, 1.54) is 6.07 Å². The summed E-state index contributed by atoms with van der Waals surface area (Å²) in [7, 11) is 0. The van der Waals surface area contributed by atoms with Crippen molar-refractivity contribution in [3.63, 3.8) is 0 Å². The third-order valence-corrected chi connectivity index (χ3v) is 2.07. The van der Waals surface area contributed by atoms with Crippen LogP contribution in [0.5, 0.6) is 0 Å². The molecular weight excluding hydrogens is 231 g/mol. The van der Waals surface area contributed by atoms with Gasteiger partial charge >= 0.3 is 5.63 Å². The van der Waals surface area contributed by atoms with Gasteiger partial charge in [0.2, 0.25) is 0 Å². The Balaban J connectivity index is 3.34. The Labute approximate surface area is 66.0 Å². The van der Waals surface area contributed by atoms with Crippen LogP contribution < -0.4 is 5.63 Å². The summed E-state index contributed by atoms with van der Waals surface area (Å²) in [5, 5.41) is 0. The summed E-state index contributed by atoms with van der Waals surface area (Å²) >= 11 is 2.11. The summed E-state index contributed by atoms with van der Waals surface area (Å²) in [5.41, 5.74) is -0.284. The second kappa shape index (κ2) is 2.51. The fourth-order valence-electron chi connectivity index (χ4n) is 0.492. The van der Waals surface area contributed by atoms with Crippen LogP contribution in [0.25, 0.3) is 0 Å².